The summed E-state index contributed by atoms with van der Waals surface area (Å²) in [5.74, 6) is 0.777. The smallest absolute Gasteiger partial charge is 0.243 e. The molecule has 5 nitrogen and oxygen atoms in total. The molecule has 1 aromatic heterocycles. The van der Waals surface area contributed by atoms with Crippen molar-refractivity contribution in [2.45, 2.75) is 17.9 Å². The number of sulfonamides is 1. The van der Waals surface area contributed by atoms with Crippen LogP contribution in [0.1, 0.15) is 17.4 Å². The van der Waals surface area contributed by atoms with E-state index < -0.39 is 10.0 Å². The third kappa shape index (κ3) is 1.95. The van der Waals surface area contributed by atoms with Gasteiger partial charge < -0.3 is 9.15 Å². The van der Waals surface area contributed by atoms with E-state index in [9.17, 15) is 8.42 Å². The lowest BCUT2D eigenvalue weighted by Gasteiger charge is -2.58. The second-order valence-electron chi connectivity index (χ2n) is 6.15. The van der Waals surface area contributed by atoms with Crippen molar-refractivity contribution in [1.82, 2.24) is 4.31 Å². The number of ether oxygens (including phenoxy) is 1. The normalized spacial score (nSPS) is 24.0. The summed E-state index contributed by atoms with van der Waals surface area (Å²) in [7, 11) is -3.41. The Morgan fingerprint density at radius 1 is 1.18 bits per heavy atom. The molecule has 2 aliphatic rings. The zero-order valence-corrected chi connectivity index (χ0v) is 13.0. The number of rotatable bonds is 3. The van der Waals surface area contributed by atoms with Gasteiger partial charge in [-0.25, -0.2) is 8.42 Å². The van der Waals surface area contributed by atoms with Gasteiger partial charge in [-0.05, 0) is 31.2 Å². The van der Waals surface area contributed by atoms with E-state index in [1.54, 1.807) is 18.4 Å². The molecule has 2 aliphatic heterocycles. The lowest BCUT2D eigenvalue weighted by molar-refractivity contribution is -0.241. The third-order valence-corrected chi connectivity index (χ3v) is 6.34. The van der Waals surface area contributed by atoms with Crippen molar-refractivity contribution in [1.29, 1.82) is 0 Å². The van der Waals surface area contributed by atoms with Gasteiger partial charge in [0.25, 0.3) is 0 Å². The fourth-order valence-electron chi connectivity index (χ4n) is 3.17. The molecule has 2 saturated heterocycles. The summed E-state index contributed by atoms with van der Waals surface area (Å²) < 4.78 is 37.7. The van der Waals surface area contributed by atoms with Crippen LogP contribution >= 0.6 is 0 Å². The summed E-state index contributed by atoms with van der Waals surface area (Å²) in [5.41, 5.74) is 0.916. The van der Waals surface area contributed by atoms with E-state index in [2.05, 4.69) is 0 Å². The maximum atomic E-state index is 12.6. The highest BCUT2D eigenvalue weighted by molar-refractivity contribution is 7.89. The molecular weight excluding hydrogens is 302 g/mol. The summed E-state index contributed by atoms with van der Waals surface area (Å²) in [6.45, 7) is 3.48. The fraction of sp³-hybridized carbons (Fsp3) is 0.375. The number of hydrogen-bond acceptors (Lipinski definition) is 4. The Kier molecular flexibility index (Phi) is 2.98. The van der Waals surface area contributed by atoms with E-state index in [1.807, 2.05) is 31.2 Å². The molecular formula is C16H17NO4S. The molecule has 1 spiro atoms. The summed E-state index contributed by atoms with van der Waals surface area (Å²) in [4.78, 5) is 0.350. The average Bonchev–Trinajstić information content (AvgIpc) is 2.89. The Morgan fingerprint density at radius 3 is 2.45 bits per heavy atom. The zero-order valence-electron chi connectivity index (χ0n) is 12.2. The van der Waals surface area contributed by atoms with E-state index in [-0.39, 0.29) is 11.5 Å². The van der Waals surface area contributed by atoms with Crippen LogP contribution in [0.3, 0.4) is 0 Å². The van der Waals surface area contributed by atoms with Crippen molar-refractivity contribution in [3.63, 3.8) is 0 Å². The lowest BCUT2D eigenvalue weighted by atomic mass is 9.72. The molecule has 1 atom stereocenters. The molecule has 2 fully saturated rings. The molecule has 22 heavy (non-hydrogen) atoms. The first kappa shape index (κ1) is 14.0. The van der Waals surface area contributed by atoms with E-state index in [0.29, 0.717) is 24.6 Å². The first-order valence-electron chi connectivity index (χ1n) is 7.23. The van der Waals surface area contributed by atoms with Crippen molar-refractivity contribution >= 4 is 10.0 Å². The van der Waals surface area contributed by atoms with E-state index in [0.717, 1.165) is 11.3 Å². The van der Waals surface area contributed by atoms with Crippen LogP contribution in [0.25, 0.3) is 0 Å². The predicted molar refractivity (Wildman–Crippen MR) is 79.8 cm³/mol. The van der Waals surface area contributed by atoms with Crippen molar-refractivity contribution in [3.8, 4) is 0 Å². The molecule has 1 unspecified atom stereocenters. The topological polar surface area (TPSA) is 59.8 Å². The van der Waals surface area contributed by atoms with Gasteiger partial charge in [0.2, 0.25) is 10.0 Å². The quantitative estimate of drug-likeness (QED) is 0.871. The Balaban J connectivity index is 1.52. The van der Waals surface area contributed by atoms with Gasteiger partial charge in [0.15, 0.2) is 0 Å². The highest BCUT2D eigenvalue weighted by Crippen LogP contribution is 2.53. The second kappa shape index (κ2) is 4.68. The minimum atomic E-state index is -3.41. The zero-order chi connectivity index (χ0) is 15.4. The first-order valence-corrected chi connectivity index (χ1v) is 8.67. The molecule has 0 bridgehead atoms. The maximum Gasteiger partial charge on any atom is 0.243 e. The Bertz CT molecular complexity index is 774. The summed E-state index contributed by atoms with van der Waals surface area (Å²) in [6.07, 6.45) is 1.48. The highest BCUT2D eigenvalue weighted by atomic mass is 32.2. The van der Waals surface area contributed by atoms with Gasteiger partial charge in [0.1, 0.15) is 11.9 Å². The van der Waals surface area contributed by atoms with E-state index >= 15 is 0 Å². The average molecular weight is 319 g/mol. The molecule has 0 radical (unpaired) electrons. The van der Waals surface area contributed by atoms with Gasteiger partial charge in [-0.15, -0.1) is 0 Å². The van der Waals surface area contributed by atoms with Crippen LogP contribution in [-0.4, -0.2) is 32.4 Å². The van der Waals surface area contributed by atoms with Crippen LogP contribution in [0.5, 0.6) is 0 Å². The predicted octanol–water partition coefficient (Wildman–Crippen LogP) is 2.35. The second-order valence-corrected chi connectivity index (χ2v) is 8.09. The molecule has 6 heteroatoms. The van der Waals surface area contributed by atoms with Crippen molar-refractivity contribution in [2.75, 3.05) is 19.7 Å². The molecule has 1 aromatic carbocycles. The highest BCUT2D eigenvalue weighted by Gasteiger charge is 2.60. The Labute approximate surface area is 129 Å². The molecule has 2 aromatic rings. The van der Waals surface area contributed by atoms with E-state index in [4.69, 9.17) is 9.15 Å². The molecule has 0 saturated carbocycles. The number of hydrogen-bond donors (Lipinski definition) is 0. The van der Waals surface area contributed by atoms with Crippen LogP contribution in [-0.2, 0) is 14.8 Å². The van der Waals surface area contributed by atoms with Gasteiger partial charge >= 0.3 is 0 Å². The summed E-state index contributed by atoms with van der Waals surface area (Å²) >= 11 is 0. The maximum absolute atomic E-state index is 12.6. The molecule has 0 amide bonds. The van der Waals surface area contributed by atoms with Gasteiger partial charge in [0, 0.05) is 13.1 Å². The first-order chi connectivity index (χ1) is 10.5. The molecule has 0 N–H and O–H groups in total. The summed E-state index contributed by atoms with van der Waals surface area (Å²) in [6, 6.07) is 10.7. The number of benzene rings is 1. The largest absolute Gasteiger partial charge is 0.467 e. The number of furan rings is 1. The number of nitrogens with zero attached hydrogens (tertiary/aromatic N) is 1. The van der Waals surface area contributed by atoms with Gasteiger partial charge in [-0.2, -0.15) is 4.31 Å². The van der Waals surface area contributed by atoms with E-state index in [1.165, 1.54) is 4.31 Å². The molecule has 4 rings (SSSR count). The SMILES string of the molecule is Cc1ccc(S(=O)(=O)N2CC3(COC3c3ccco3)C2)cc1. The van der Waals surface area contributed by atoms with Gasteiger partial charge in [-0.1, -0.05) is 17.7 Å². The van der Waals surface area contributed by atoms with Crippen LogP contribution in [0, 0.1) is 12.3 Å². The lowest BCUT2D eigenvalue weighted by Crippen LogP contribution is -2.67. The van der Waals surface area contributed by atoms with Crippen LogP contribution in [0.2, 0.25) is 0 Å². The van der Waals surface area contributed by atoms with Crippen LogP contribution in [0.15, 0.2) is 52.0 Å². The van der Waals surface area contributed by atoms with Crippen molar-refractivity contribution < 1.29 is 17.6 Å². The molecule has 3 heterocycles. The minimum absolute atomic E-state index is 0.129. The van der Waals surface area contributed by atoms with Crippen molar-refractivity contribution in [3.05, 3.63) is 54.0 Å². The standard InChI is InChI=1S/C16H17NO4S/c1-12-4-6-13(7-5-12)22(18,19)17-9-16(10-17)11-21-15(16)14-3-2-8-20-14/h2-8,15H,9-11H2,1H3. The molecule has 116 valence electrons. The van der Waals surface area contributed by atoms with Gasteiger partial charge in [-0.3, -0.25) is 0 Å². The third-order valence-electron chi connectivity index (χ3n) is 4.54. The Morgan fingerprint density at radius 2 is 1.91 bits per heavy atom. The Hall–Kier alpha value is -1.63. The van der Waals surface area contributed by atoms with Crippen LogP contribution in [0.4, 0.5) is 0 Å². The van der Waals surface area contributed by atoms with Crippen LogP contribution < -0.4 is 0 Å². The molecule has 0 aliphatic carbocycles. The van der Waals surface area contributed by atoms with Crippen molar-refractivity contribution in [2.24, 2.45) is 5.41 Å². The summed E-state index contributed by atoms with van der Waals surface area (Å²) in [5, 5.41) is 0. The number of aryl methyl sites for hydroxylation is 1. The minimum Gasteiger partial charge on any atom is -0.467 e. The monoisotopic (exact) mass is 319 g/mol. The van der Waals surface area contributed by atoms with Gasteiger partial charge in [0.05, 0.1) is 23.2 Å². The fourth-order valence-corrected chi connectivity index (χ4v) is 4.80.